The topological polar surface area (TPSA) is 105 Å². The molecule has 2 unspecified atom stereocenters. The van der Waals surface area contributed by atoms with Gasteiger partial charge in [0.1, 0.15) is 24.1 Å². The Morgan fingerprint density at radius 3 is 2.53 bits per heavy atom. The molecule has 1 aromatic heterocycles. The van der Waals surface area contributed by atoms with E-state index in [1.165, 1.54) is 34.6 Å². The van der Waals surface area contributed by atoms with E-state index in [4.69, 9.17) is 5.73 Å². The summed E-state index contributed by atoms with van der Waals surface area (Å²) in [6, 6.07) is 13.1. The third-order valence-corrected chi connectivity index (χ3v) is 6.76. The van der Waals surface area contributed by atoms with Crippen LogP contribution in [-0.4, -0.2) is 40.9 Å². The fourth-order valence-corrected chi connectivity index (χ4v) is 5.04. The van der Waals surface area contributed by atoms with Crippen molar-refractivity contribution in [3.63, 3.8) is 0 Å². The third-order valence-electron chi connectivity index (χ3n) is 5.65. The van der Waals surface area contributed by atoms with Crippen LogP contribution >= 0.6 is 11.3 Å². The molecule has 3 amide bonds. The van der Waals surface area contributed by atoms with E-state index in [-0.39, 0.29) is 17.9 Å². The minimum atomic E-state index is -1.17. The minimum Gasteiger partial charge on any atom is -0.368 e. The maximum absolute atomic E-state index is 14.2. The Hall–Kier alpha value is -3.59. The number of aliphatic imine (C=N–C) groups is 1. The average Bonchev–Trinajstić information content (AvgIpc) is 3.24. The van der Waals surface area contributed by atoms with Crippen LogP contribution in [0, 0.1) is 11.7 Å². The molecule has 3 aromatic rings. The highest BCUT2D eigenvalue weighted by Crippen LogP contribution is 2.29. The molecule has 3 N–H and O–H groups in total. The van der Waals surface area contributed by atoms with Crippen LogP contribution < -0.4 is 11.1 Å². The Bertz CT molecular complexity index is 1240. The van der Waals surface area contributed by atoms with Crippen molar-refractivity contribution in [2.45, 2.75) is 38.5 Å². The van der Waals surface area contributed by atoms with Crippen molar-refractivity contribution in [1.29, 1.82) is 0 Å². The van der Waals surface area contributed by atoms with Crippen LogP contribution in [0.4, 0.5) is 4.39 Å². The van der Waals surface area contributed by atoms with E-state index < -0.39 is 41.8 Å². The number of fused-ring (bicyclic) bond motifs is 1. The molecule has 1 aliphatic heterocycles. The zero-order valence-electron chi connectivity index (χ0n) is 18.8. The molecule has 0 spiro atoms. The second kappa shape index (κ2) is 9.72. The summed E-state index contributed by atoms with van der Waals surface area (Å²) in [4.78, 5) is 45.3. The fraction of sp³-hybridized carbons (Fsp3) is 0.280. The van der Waals surface area contributed by atoms with Crippen LogP contribution in [-0.2, 0) is 9.59 Å². The molecule has 0 aliphatic carbocycles. The molecule has 0 bridgehead atoms. The molecule has 0 saturated carbocycles. The number of nitrogens with two attached hydrogens (primary N) is 1. The number of carbonyl (C=O) groups is 3. The van der Waals surface area contributed by atoms with E-state index in [0.717, 1.165) is 10.1 Å². The first kappa shape index (κ1) is 23.6. The Morgan fingerprint density at radius 2 is 1.88 bits per heavy atom. The van der Waals surface area contributed by atoms with Gasteiger partial charge in [0, 0.05) is 16.5 Å². The van der Waals surface area contributed by atoms with Crippen molar-refractivity contribution in [1.82, 2.24) is 10.2 Å². The van der Waals surface area contributed by atoms with E-state index in [1.807, 2.05) is 38.1 Å². The lowest BCUT2D eigenvalue weighted by atomic mass is 9.99. The highest BCUT2D eigenvalue weighted by molar-refractivity contribution is 7.20. The van der Waals surface area contributed by atoms with E-state index in [1.54, 1.807) is 18.2 Å². The summed E-state index contributed by atoms with van der Waals surface area (Å²) in [7, 11) is 0. The molecule has 176 valence electrons. The van der Waals surface area contributed by atoms with Gasteiger partial charge in [-0.15, -0.1) is 11.3 Å². The lowest BCUT2D eigenvalue weighted by molar-refractivity contribution is -0.128. The van der Waals surface area contributed by atoms with Crippen LogP contribution in [0.5, 0.6) is 0 Å². The van der Waals surface area contributed by atoms with Crippen LogP contribution in [0.3, 0.4) is 0 Å². The van der Waals surface area contributed by atoms with Gasteiger partial charge in [0.05, 0.1) is 4.88 Å². The number of primary amides is 1. The first-order valence-electron chi connectivity index (χ1n) is 10.9. The molecule has 34 heavy (non-hydrogen) atoms. The van der Waals surface area contributed by atoms with Gasteiger partial charge in [0.15, 0.2) is 0 Å². The van der Waals surface area contributed by atoms with Crippen molar-refractivity contribution in [3.8, 4) is 0 Å². The molecule has 0 fully saturated rings. The van der Waals surface area contributed by atoms with Crippen LogP contribution in [0.2, 0.25) is 0 Å². The van der Waals surface area contributed by atoms with Crippen molar-refractivity contribution in [2.24, 2.45) is 16.6 Å². The summed E-state index contributed by atoms with van der Waals surface area (Å²) >= 11 is 1.28. The SMILES string of the molecule is CC(C)C[C@@H](C(N)=O)N(C(=O)c1cc2ccccc2s1)C1C=NC(c2ccccc2F)NC1=O. The second-order valence-electron chi connectivity index (χ2n) is 8.58. The van der Waals surface area contributed by atoms with Gasteiger partial charge in [-0.2, -0.15) is 0 Å². The quantitative estimate of drug-likeness (QED) is 0.539. The summed E-state index contributed by atoms with van der Waals surface area (Å²) < 4.78 is 15.1. The number of hydrogen-bond donors (Lipinski definition) is 2. The van der Waals surface area contributed by atoms with Crippen molar-refractivity contribution in [3.05, 3.63) is 70.9 Å². The predicted octanol–water partition coefficient (Wildman–Crippen LogP) is 3.65. The molecule has 9 heteroatoms. The van der Waals surface area contributed by atoms with Crippen LogP contribution in [0.25, 0.3) is 10.1 Å². The smallest absolute Gasteiger partial charge is 0.265 e. The molecular weight excluding hydrogens is 455 g/mol. The van der Waals surface area contributed by atoms with E-state index >= 15 is 0 Å². The van der Waals surface area contributed by atoms with Crippen molar-refractivity contribution in [2.75, 3.05) is 0 Å². The van der Waals surface area contributed by atoms with Gasteiger partial charge in [-0.1, -0.05) is 50.2 Å². The summed E-state index contributed by atoms with van der Waals surface area (Å²) in [5.41, 5.74) is 5.92. The van der Waals surface area contributed by atoms with E-state index in [0.29, 0.717) is 4.88 Å². The van der Waals surface area contributed by atoms with Crippen LogP contribution in [0.15, 0.2) is 59.6 Å². The summed E-state index contributed by atoms with van der Waals surface area (Å²) in [5.74, 6) is -2.23. The van der Waals surface area contributed by atoms with Crippen LogP contribution in [0.1, 0.15) is 41.7 Å². The maximum atomic E-state index is 14.2. The fourth-order valence-electron chi connectivity index (χ4n) is 4.04. The first-order valence-corrected chi connectivity index (χ1v) is 11.8. The molecule has 0 radical (unpaired) electrons. The zero-order chi connectivity index (χ0) is 24.4. The normalized spacial score (nSPS) is 18.6. The lowest BCUT2D eigenvalue weighted by Crippen LogP contribution is -2.60. The van der Waals surface area contributed by atoms with Gasteiger partial charge in [0.25, 0.3) is 5.91 Å². The van der Waals surface area contributed by atoms with E-state index in [9.17, 15) is 18.8 Å². The molecule has 2 heterocycles. The van der Waals surface area contributed by atoms with Gasteiger partial charge in [0.2, 0.25) is 11.8 Å². The highest BCUT2D eigenvalue weighted by atomic mass is 32.1. The standard InChI is InChI=1S/C25H25FN4O3S/c1-14(2)11-18(22(27)31)30(25(33)21-12-15-7-3-6-10-20(15)34-21)19-13-28-23(29-24(19)32)16-8-4-5-9-17(16)26/h3-10,12-14,18-19,23H,11H2,1-2H3,(H2,27,31)(H,29,32)/t18-,19?,23?/m0/s1. The van der Waals surface area contributed by atoms with Crippen molar-refractivity contribution < 1.29 is 18.8 Å². The number of amides is 3. The summed E-state index contributed by atoms with van der Waals surface area (Å²) in [6.07, 6.45) is 0.654. The Kier molecular flexibility index (Phi) is 6.74. The molecule has 3 atom stereocenters. The lowest BCUT2D eigenvalue weighted by Gasteiger charge is -2.37. The van der Waals surface area contributed by atoms with Gasteiger partial charge in [-0.05, 0) is 35.9 Å². The molecular formula is C25H25FN4O3S. The highest BCUT2D eigenvalue weighted by Gasteiger charge is 2.40. The number of thiophene rings is 1. The molecule has 7 nitrogen and oxygen atoms in total. The maximum Gasteiger partial charge on any atom is 0.265 e. The largest absolute Gasteiger partial charge is 0.368 e. The monoisotopic (exact) mass is 480 g/mol. The Labute approximate surface area is 200 Å². The average molecular weight is 481 g/mol. The van der Waals surface area contributed by atoms with Gasteiger partial charge in [-0.3, -0.25) is 19.4 Å². The number of hydrogen-bond acceptors (Lipinski definition) is 5. The van der Waals surface area contributed by atoms with Gasteiger partial charge < -0.3 is 16.0 Å². The summed E-state index contributed by atoms with van der Waals surface area (Å²) in [5, 5.41) is 3.55. The third kappa shape index (κ3) is 4.70. The number of nitrogens with one attached hydrogen (secondary N) is 1. The number of rotatable bonds is 7. The van der Waals surface area contributed by atoms with Crippen molar-refractivity contribution >= 4 is 45.4 Å². The molecule has 0 saturated heterocycles. The molecule has 1 aliphatic rings. The number of carbonyl (C=O) groups excluding carboxylic acids is 3. The number of nitrogens with zero attached hydrogens (tertiary/aromatic N) is 2. The zero-order valence-corrected chi connectivity index (χ0v) is 19.6. The van der Waals surface area contributed by atoms with E-state index in [2.05, 4.69) is 10.3 Å². The minimum absolute atomic E-state index is 0.0324. The molecule has 2 aromatic carbocycles. The Balaban J connectivity index is 1.74. The molecule has 4 rings (SSSR count). The van der Waals surface area contributed by atoms with Gasteiger partial charge in [-0.25, -0.2) is 4.39 Å². The Morgan fingerprint density at radius 1 is 1.18 bits per heavy atom. The predicted molar refractivity (Wildman–Crippen MR) is 130 cm³/mol. The first-order chi connectivity index (χ1) is 16.3. The second-order valence-corrected chi connectivity index (χ2v) is 9.67. The number of halogens is 1. The number of benzene rings is 2. The summed E-state index contributed by atoms with van der Waals surface area (Å²) in [6.45, 7) is 3.81. The van der Waals surface area contributed by atoms with Gasteiger partial charge >= 0.3 is 0 Å².